The Hall–Kier alpha value is -7.37. The smallest absolute Gasteiger partial charge is 0.160 e. The monoisotopic (exact) mass is 691 g/mol. The summed E-state index contributed by atoms with van der Waals surface area (Å²) in [5.74, 6) is 0.622. The highest BCUT2D eigenvalue weighted by Gasteiger charge is 2.19. The SMILES string of the molecule is c1ccc(-c2cc(-c3ccccc3)cc(-c3nc(-c4ccccc4)cc(-c4cccnc4-c4cc(-c5ccccc5)cc(-c5ccccn5)n4)n3)c2)cc1. The van der Waals surface area contributed by atoms with Gasteiger partial charge in [0.2, 0.25) is 0 Å². The van der Waals surface area contributed by atoms with Crippen LogP contribution in [0.25, 0.3) is 90.1 Å². The summed E-state index contributed by atoms with van der Waals surface area (Å²) in [6, 6.07) is 64.2. The third-order valence-electron chi connectivity index (χ3n) is 9.39. The Morgan fingerprint density at radius 1 is 0.259 bits per heavy atom. The number of rotatable bonds is 8. The van der Waals surface area contributed by atoms with E-state index in [1.54, 1.807) is 6.20 Å². The lowest BCUT2D eigenvalue weighted by atomic mass is 9.95. The molecular weight excluding hydrogens is 659 g/mol. The number of hydrogen-bond donors (Lipinski definition) is 0. The van der Waals surface area contributed by atoms with Crippen LogP contribution in [0.5, 0.6) is 0 Å². The van der Waals surface area contributed by atoms with Gasteiger partial charge in [-0.25, -0.2) is 15.0 Å². The Labute approximate surface area is 314 Å². The highest BCUT2D eigenvalue weighted by atomic mass is 14.9. The van der Waals surface area contributed by atoms with Crippen molar-refractivity contribution in [3.63, 3.8) is 0 Å². The van der Waals surface area contributed by atoms with Crippen LogP contribution in [0.1, 0.15) is 0 Å². The molecule has 0 saturated carbocycles. The van der Waals surface area contributed by atoms with Crippen molar-refractivity contribution in [2.45, 2.75) is 0 Å². The van der Waals surface area contributed by atoms with E-state index in [0.717, 1.165) is 84.2 Å². The molecule has 254 valence electrons. The van der Waals surface area contributed by atoms with Crippen molar-refractivity contribution in [2.75, 3.05) is 0 Å². The molecule has 4 aromatic heterocycles. The minimum absolute atomic E-state index is 0.622. The van der Waals surface area contributed by atoms with Crippen molar-refractivity contribution in [1.29, 1.82) is 0 Å². The highest BCUT2D eigenvalue weighted by Crippen LogP contribution is 2.37. The average Bonchev–Trinajstić information content (AvgIpc) is 3.27. The Morgan fingerprint density at radius 2 is 0.759 bits per heavy atom. The minimum atomic E-state index is 0.622. The predicted octanol–water partition coefficient (Wildman–Crippen LogP) is 12.0. The van der Waals surface area contributed by atoms with Gasteiger partial charge in [-0.2, -0.15) is 0 Å². The quantitative estimate of drug-likeness (QED) is 0.159. The first kappa shape index (κ1) is 32.5. The zero-order valence-electron chi connectivity index (χ0n) is 29.3. The number of benzene rings is 5. The molecule has 4 heterocycles. The number of pyridine rings is 3. The molecule has 0 aliphatic rings. The molecule has 9 rings (SSSR count). The molecule has 0 aliphatic heterocycles. The van der Waals surface area contributed by atoms with Crippen LogP contribution in [0.4, 0.5) is 0 Å². The van der Waals surface area contributed by atoms with E-state index in [9.17, 15) is 0 Å². The van der Waals surface area contributed by atoms with E-state index in [-0.39, 0.29) is 0 Å². The van der Waals surface area contributed by atoms with Crippen LogP contribution in [0.15, 0.2) is 200 Å². The molecule has 0 aliphatic carbocycles. The van der Waals surface area contributed by atoms with E-state index in [2.05, 4.69) is 120 Å². The first-order chi connectivity index (χ1) is 26.7. The van der Waals surface area contributed by atoms with Crippen molar-refractivity contribution in [3.8, 4) is 90.1 Å². The van der Waals surface area contributed by atoms with Gasteiger partial charge in [0.1, 0.15) is 0 Å². The molecule has 54 heavy (non-hydrogen) atoms. The van der Waals surface area contributed by atoms with E-state index in [4.69, 9.17) is 19.9 Å². The van der Waals surface area contributed by atoms with Gasteiger partial charge in [0.05, 0.1) is 34.2 Å². The van der Waals surface area contributed by atoms with Gasteiger partial charge in [0.25, 0.3) is 0 Å². The summed E-state index contributed by atoms with van der Waals surface area (Å²) < 4.78 is 0. The predicted molar refractivity (Wildman–Crippen MR) is 219 cm³/mol. The van der Waals surface area contributed by atoms with Crippen molar-refractivity contribution in [1.82, 2.24) is 24.9 Å². The van der Waals surface area contributed by atoms with Gasteiger partial charge >= 0.3 is 0 Å². The van der Waals surface area contributed by atoms with Gasteiger partial charge in [0, 0.05) is 29.1 Å². The first-order valence-corrected chi connectivity index (χ1v) is 17.9. The van der Waals surface area contributed by atoms with Crippen LogP contribution in [-0.2, 0) is 0 Å². The lowest BCUT2D eigenvalue weighted by molar-refractivity contribution is 1.17. The lowest BCUT2D eigenvalue weighted by Crippen LogP contribution is -2.00. The molecule has 0 radical (unpaired) electrons. The Bertz CT molecular complexity index is 2570. The Kier molecular flexibility index (Phi) is 8.86. The Morgan fingerprint density at radius 3 is 1.35 bits per heavy atom. The maximum absolute atomic E-state index is 5.33. The van der Waals surface area contributed by atoms with E-state index in [1.807, 2.05) is 79.0 Å². The molecule has 0 amide bonds. The van der Waals surface area contributed by atoms with Crippen molar-refractivity contribution in [3.05, 3.63) is 200 Å². The molecule has 5 nitrogen and oxygen atoms in total. The van der Waals surface area contributed by atoms with Gasteiger partial charge in [-0.15, -0.1) is 0 Å². The maximum Gasteiger partial charge on any atom is 0.160 e. The third-order valence-corrected chi connectivity index (χ3v) is 9.39. The molecule has 0 unspecified atom stereocenters. The fourth-order valence-electron chi connectivity index (χ4n) is 6.73. The molecule has 0 N–H and O–H groups in total. The summed E-state index contributed by atoms with van der Waals surface area (Å²) in [7, 11) is 0. The molecule has 5 aromatic carbocycles. The molecule has 0 atom stereocenters. The molecule has 5 heteroatoms. The summed E-state index contributed by atoms with van der Waals surface area (Å²) in [5, 5.41) is 0. The second-order valence-electron chi connectivity index (χ2n) is 13.0. The number of hydrogen-bond acceptors (Lipinski definition) is 5. The van der Waals surface area contributed by atoms with Gasteiger partial charge in [-0.3, -0.25) is 9.97 Å². The summed E-state index contributed by atoms with van der Waals surface area (Å²) in [5.41, 5.74) is 13.9. The van der Waals surface area contributed by atoms with Crippen LogP contribution in [-0.4, -0.2) is 24.9 Å². The van der Waals surface area contributed by atoms with Gasteiger partial charge < -0.3 is 0 Å². The van der Waals surface area contributed by atoms with E-state index in [1.165, 1.54) is 0 Å². The summed E-state index contributed by atoms with van der Waals surface area (Å²) >= 11 is 0. The fourth-order valence-corrected chi connectivity index (χ4v) is 6.73. The van der Waals surface area contributed by atoms with Gasteiger partial charge in [-0.05, 0) is 94.0 Å². The second-order valence-corrected chi connectivity index (χ2v) is 13.0. The van der Waals surface area contributed by atoms with Crippen molar-refractivity contribution < 1.29 is 0 Å². The molecular formula is C49H33N5. The topological polar surface area (TPSA) is 64.5 Å². The zero-order chi connectivity index (χ0) is 36.1. The second kappa shape index (κ2) is 14.7. The summed E-state index contributed by atoms with van der Waals surface area (Å²) in [4.78, 5) is 25.3. The Balaban J connectivity index is 1.26. The number of aromatic nitrogens is 5. The molecule has 0 spiro atoms. The van der Waals surface area contributed by atoms with Gasteiger partial charge in [-0.1, -0.05) is 127 Å². The largest absolute Gasteiger partial charge is 0.255 e. The first-order valence-electron chi connectivity index (χ1n) is 17.9. The number of nitrogens with zero attached hydrogens (tertiary/aromatic N) is 5. The zero-order valence-corrected chi connectivity index (χ0v) is 29.3. The van der Waals surface area contributed by atoms with Crippen LogP contribution in [0.3, 0.4) is 0 Å². The van der Waals surface area contributed by atoms with Gasteiger partial charge in [0.15, 0.2) is 5.82 Å². The standard InChI is InChI=1S/C49H33N5/c1-5-16-34(17-6-1)38-28-39(35-18-7-2-8-19-35)30-41(29-38)49-53-44(37-22-11-4-12-23-37)33-45(54-49)42-24-15-27-51-48(42)47-32-40(36-20-9-3-10-21-36)31-46(52-47)43-25-13-14-26-50-43/h1-33H. The molecule has 0 saturated heterocycles. The van der Waals surface area contributed by atoms with E-state index in [0.29, 0.717) is 5.82 Å². The third kappa shape index (κ3) is 6.82. The minimum Gasteiger partial charge on any atom is -0.255 e. The molecule has 9 aromatic rings. The van der Waals surface area contributed by atoms with Crippen LogP contribution >= 0.6 is 0 Å². The summed E-state index contributed by atoms with van der Waals surface area (Å²) in [6.07, 6.45) is 3.60. The fraction of sp³-hybridized carbons (Fsp3) is 0. The van der Waals surface area contributed by atoms with Crippen LogP contribution < -0.4 is 0 Å². The summed E-state index contributed by atoms with van der Waals surface area (Å²) in [6.45, 7) is 0. The van der Waals surface area contributed by atoms with Crippen molar-refractivity contribution >= 4 is 0 Å². The highest BCUT2D eigenvalue weighted by molar-refractivity contribution is 5.85. The lowest BCUT2D eigenvalue weighted by Gasteiger charge is -2.15. The van der Waals surface area contributed by atoms with Crippen LogP contribution in [0.2, 0.25) is 0 Å². The van der Waals surface area contributed by atoms with Crippen LogP contribution in [0, 0.1) is 0 Å². The average molecular weight is 692 g/mol. The maximum atomic E-state index is 5.33. The molecule has 0 bridgehead atoms. The van der Waals surface area contributed by atoms with E-state index < -0.39 is 0 Å². The van der Waals surface area contributed by atoms with Crippen molar-refractivity contribution in [2.24, 2.45) is 0 Å². The molecule has 0 fully saturated rings. The normalized spacial score (nSPS) is 11.0. The van der Waals surface area contributed by atoms with E-state index >= 15 is 0 Å².